The van der Waals surface area contributed by atoms with E-state index in [9.17, 15) is 5.11 Å². The number of piperidine rings is 1. The molecule has 0 saturated carbocycles. The van der Waals surface area contributed by atoms with E-state index in [0.717, 1.165) is 24.9 Å². The van der Waals surface area contributed by atoms with Crippen molar-refractivity contribution in [3.8, 4) is 0 Å². The molecule has 0 aliphatic carbocycles. The quantitative estimate of drug-likeness (QED) is 0.926. The number of benzene rings is 2. The Morgan fingerprint density at radius 3 is 2.35 bits per heavy atom. The Kier molecular flexibility index (Phi) is 3.74. The predicted octanol–water partition coefficient (Wildman–Crippen LogP) is 4.01. The molecule has 2 aliphatic rings. The highest BCUT2D eigenvalue weighted by Gasteiger charge is 2.48. The average Bonchev–Trinajstić information content (AvgIpc) is 2.80. The number of fused-ring (bicyclic) bond motifs is 2. The summed E-state index contributed by atoms with van der Waals surface area (Å²) in [6.45, 7) is 3.12. The fourth-order valence-electron chi connectivity index (χ4n) is 4.54. The maximum Gasteiger partial charge on any atom is 0.0926 e. The van der Waals surface area contributed by atoms with Crippen LogP contribution in [0.5, 0.6) is 0 Å². The van der Waals surface area contributed by atoms with Gasteiger partial charge in [0.25, 0.3) is 0 Å². The van der Waals surface area contributed by atoms with Crippen molar-refractivity contribution in [1.82, 2.24) is 4.90 Å². The molecule has 1 N–H and O–H groups in total. The molecule has 2 heterocycles. The van der Waals surface area contributed by atoms with Crippen molar-refractivity contribution < 1.29 is 5.11 Å². The number of hydrogen-bond donors (Lipinski definition) is 1. The van der Waals surface area contributed by atoms with Crippen molar-refractivity contribution in [2.24, 2.45) is 0 Å². The van der Waals surface area contributed by atoms with Crippen LogP contribution in [-0.2, 0) is 12.1 Å². The maximum atomic E-state index is 11.3. The molecule has 0 aromatic heterocycles. The van der Waals surface area contributed by atoms with Gasteiger partial charge >= 0.3 is 0 Å². The third kappa shape index (κ3) is 2.82. The van der Waals surface area contributed by atoms with Crippen molar-refractivity contribution in [1.29, 1.82) is 0 Å². The summed E-state index contributed by atoms with van der Waals surface area (Å²) >= 11 is 0. The summed E-state index contributed by atoms with van der Waals surface area (Å²) in [5, 5.41) is 11.3. The van der Waals surface area contributed by atoms with Crippen LogP contribution in [0.4, 0.5) is 0 Å². The summed E-state index contributed by atoms with van der Waals surface area (Å²) in [6.07, 6.45) is 4.15. The topological polar surface area (TPSA) is 23.5 Å². The van der Waals surface area contributed by atoms with Gasteiger partial charge in [0.2, 0.25) is 0 Å². The SMILES string of the molecule is Cc1cccc(C2(O)CC3CCC(C2)N3Cc2ccccc2)c1. The molecule has 120 valence electrons. The molecule has 2 unspecified atom stereocenters. The predicted molar refractivity (Wildman–Crippen MR) is 93.1 cm³/mol. The molecule has 2 atom stereocenters. The molecular weight excluding hydrogens is 282 g/mol. The fraction of sp³-hybridized carbons (Fsp3) is 0.429. The van der Waals surface area contributed by atoms with Crippen molar-refractivity contribution >= 4 is 0 Å². The number of hydrogen-bond acceptors (Lipinski definition) is 2. The van der Waals surface area contributed by atoms with E-state index in [-0.39, 0.29) is 0 Å². The molecule has 2 aliphatic heterocycles. The molecule has 0 spiro atoms. The molecule has 0 amide bonds. The van der Waals surface area contributed by atoms with Gasteiger partial charge in [0.1, 0.15) is 0 Å². The Morgan fingerprint density at radius 2 is 1.70 bits per heavy atom. The lowest BCUT2D eigenvalue weighted by Gasteiger charge is -2.44. The summed E-state index contributed by atoms with van der Waals surface area (Å²) in [6, 6.07) is 20.2. The normalized spacial score (nSPS) is 30.5. The number of aryl methyl sites for hydroxylation is 1. The minimum absolute atomic E-state index is 0.500. The third-order valence-electron chi connectivity index (χ3n) is 5.68. The highest BCUT2D eigenvalue weighted by Crippen LogP contribution is 2.46. The maximum absolute atomic E-state index is 11.3. The summed E-state index contributed by atoms with van der Waals surface area (Å²) in [4.78, 5) is 2.62. The lowest BCUT2D eigenvalue weighted by atomic mass is 9.80. The van der Waals surface area contributed by atoms with E-state index in [1.165, 1.54) is 24.0 Å². The molecule has 2 heteroatoms. The first-order chi connectivity index (χ1) is 11.1. The van der Waals surface area contributed by atoms with Crippen LogP contribution >= 0.6 is 0 Å². The lowest BCUT2D eigenvalue weighted by Crippen LogP contribution is -2.49. The highest BCUT2D eigenvalue weighted by atomic mass is 16.3. The van der Waals surface area contributed by atoms with Gasteiger partial charge in [-0.25, -0.2) is 0 Å². The van der Waals surface area contributed by atoms with Crippen LogP contribution in [0, 0.1) is 6.92 Å². The Morgan fingerprint density at radius 1 is 1.00 bits per heavy atom. The van der Waals surface area contributed by atoms with Crippen LogP contribution in [0.1, 0.15) is 42.4 Å². The largest absolute Gasteiger partial charge is 0.385 e. The molecule has 2 fully saturated rings. The Bertz CT molecular complexity index is 667. The van der Waals surface area contributed by atoms with E-state index >= 15 is 0 Å². The monoisotopic (exact) mass is 307 g/mol. The molecule has 23 heavy (non-hydrogen) atoms. The molecule has 4 rings (SSSR count). The average molecular weight is 307 g/mol. The minimum atomic E-state index is -0.648. The van der Waals surface area contributed by atoms with Gasteiger partial charge in [-0.05, 0) is 43.7 Å². The van der Waals surface area contributed by atoms with Crippen LogP contribution in [0.25, 0.3) is 0 Å². The first-order valence-corrected chi connectivity index (χ1v) is 8.73. The Labute approximate surface area is 138 Å². The summed E-state index contributed by atoms with van der Waals surface area (Å²) in [5.74, 6) is 0. The van der Waals surface area contributed by atoms with Gasteiger partial charge in [-0.1, -0.05) is 60.2 Å². The molecule has 0 radical (unpaired) electrons. The molecular formula is C21H25NO. The Hall–Kier alpha value is -1.64. The van der Waals surface area contributed by atoms with Gasteiger partial charge in [-0.3, -0.25) is 4.90 Å². The van der Waals surface area contributed by atoms with Crippen molar-refractivity contribution in [2.45, 2.75) is 56.8 Å². The number of nitrogens with zero attached hydrogens (tertiary/aromatic N) is 1. The van der Waals surface area contributed by atoms with Crippen LogP contribution in [0.15, 0.2) is 54.6 Å². The minimum Gasteiger partial charge on any atom is -0.385 e. The van der Waals surface area contributed by atoms with E-state index < -0.39 is 5.60 Å². The van der Waals surface area contributed by atoms with E-state index in [4.69, 9.17) is 0 Å². The van der Waals surface area contributed by atoms with Crippen molar-refractivity contribution in [3.63, 3.8) is 0 Å². The zero-order chi connectivity index (χ0) is 15.9. The van der Waals surface area contributed by atoms with E-state index in [1.807, 2.05) is 0 Å². The standard InChI is InChI=1S/C21H25NO/c1-16-6-5-9-18(12-16)21(23)13-19-10-11-20(14-21)22(19)15-17-7-3-2-4-8-17/h2-9,12,19-20,23H,10-11,13-15H2,1H3. The summed E-state index contributed by atoms with van der Waals surface area (Å²) in [7, 11) is 0. The zero-order valence-electron chi connectivity index (χ0n) is 13.8. The van der Waals surface area contributed by atoms with Gasteiger partial charge < -0.3 is 5.11 Å². The van der Waals surface area contributed by atoms with Crippen molar-refractivity contribution in [2.75, 3.05) is 0 Å². The lowest BCUT2D eigenvalue weighted by molar-refractivity contribution is -0.0595. The van der Waals surface area contributed by atoms with Crippen molar-refractivity contribution in [3.05, 3.63) is 71.3 Å². The third-order valence-corrected chi connectivity index (χ3v) is 5.68. The second kappa shape index (κ2) is 5.77. The van der Waals surface area contributed by atoms with E-state index in [2.05, 4.69) is 66.4 Å². The fourth-order valence-corrected chi connectivity index (χ4v) is 4.54. The first kappa shape index (κ1) is 14.9. The zero-order valence-corrected chi connectivity index (χ0v) is 13.8. The molecule has 2 aromatic rings. The van der Waals surface area contributed by atoms with E-state index in [1.54, 1.807) is 0 Å². The first-order valence-electron chi connectivity index (χ1n) is 8.73. The van der Waals surface area contributed by atoms with Gasteiger partial charge in [0.15, 0.2) is 0 Å². The molecule has 2 bridgehead atoms. The van der Waals surface area contributed by atoms with Crippen LogP contribution < -0.4 is 0 Å². The van der Waals surface area contributed by atoms with Crippen LogP contribution in [0.3, 0.4) is 0 Å². The summed E-state index contributed by atoms with van der Waals surface area (Å²) < 4.78 is 0. The molecule has 2 aromatic carbocycles. The van der Waals surface area contributed by atoms with Gasteiger partial charge in [-0.15, -0.1) is 0 Å². The second-order valence-electron chi connectivity index (χ2n) is 7.35. The van der Waals surface area contributed by atoms with Crippen LogP contribution in [0.2, 0.25) is 0 Å². The summed E-state index contributed by atoms with van der Waals surface area (Å²) in [5.41, 5.74) is 3.07. The smallest absolute Gasteiger partial charge is 0.0926 e. The van der Waals surface area contributed by atoms with Crippen LogP contribution in [-0.4, -0.2) is 22.1 Å². The van der Waals surface area contributed by atoms with Gasteiger partial charge in [0, 0.05) is 18.6 Å². The second-order valence-corrected chi connectivity index (χ2v) is 7.35. The van der Waals surface area contributed by atoms with Gasteiger partial charge in [0.05, 0.1) is 5.60 Å². The Balaban J connectivity index is 1.55. The molecule has 2 nitrogen and oxygen atoms in total. The number of aliphatic hydroxyl groups is 1. The van der Waals surface area contributed by atoms with Gasteiger partial charge in [-0.2, -0.15) is 0 Å². The highest BCUT2D eigenvalue weighted by molar-refractivity contribution is 5.29. The van der Waals surface area contributed by atoms with E-state index in [0.29, 0.717) is 12.1 Å². The molecule has 2 saturated heterocycles. The number of rotatable bonds is 3.